The summed E-state index contributed by atoms with van der Waals surface area (Å²) in [7, 11) is 1.65. The Hall–Kier alpha value is -2.90. The Bertz CT molecular complexity index is 825. The Morgan fingerprint density at radius 3 is 2.75 bits per heavy atom. The second kappa shape index (κ2) is 8.00. The first-order valence-electron chi connectivity index (χ1n) is 9.81. The summed E-state index contributed by atoms with van der Waals surface area (Å²) in [6.45, 7) is 0. The van der Waals surface area contributed by atoms with E-state index in [1.165, 1.54) is 4.90 Å². The highest BCUT2D eigenvalue weighted by Gasteiger charge is 2.36. The van der Waals surface area contributed by atoms with Gasteiger partial charge in [-0.15, -0.1) is 0 Å². The van der Waals surface area contributed by atoms with Gasteiger partial charge in [0.25, 0.3) is 0 Å². The molecule has 2 aromatic heterocycles. The van der Waals surface area contributed by atoms with Crippen LogP contribution in [-0.4, -0.2) is 40.3 Å². The highest BCUT2D eigenvalue weighted by molar-refractivity contribution is 5.91. The highest BCUT2D eigenvalue weighted by Crippen LogP contribution is 2.39. The van der Waals surface area contributed by atoms with Gasteiger partial charge in [-0.3, -0.25) is 14.8 Å². The molecule has 2 aliphatic rings. The van der Waals surface area contributed by atoms with Crippen LogP contribution in [0, 0.1) is 5.92 Å². The zero-order valence-corrected chi connectivity index (χ0v) is 15.9. The SMILES string of the molecule is CN(C(=O)OC1CC(c2cc(NC(=O)C3CCCC3)[nH]n2)C1)c1ccccn1. The second-order valence-corrected chi connectivity index (χ2v) is 7.60. The maximum absolute atomic E-state index is 12.2. The number of pyridine rings is 1. The molecule has 2 saturated carbocycles. The van der Waals surface area contributed by atoms with Crippen molar-refractivity contribution in [3.05, 3.63) is 36.2 Å². The number of H-pyrrole nitrogens is 1. The average Bonchev–Trinajstić information content (AvgIpc) is 3.36. The molecule has 0 aromatic carbocycles. The molecule has 148 valence electrons. The van der Waals surface area contributed by atoms with Crippen LogP contribution in [0.5, 0.6) is 0 Å². The Balaban J connectivity index is 1.24. The van der Waals surface area contributed by atoms with E-state index in [2.05, 4.69) is 20.5 Å². The van der Waals surface area contributed by atoms with Crippen molar-refractivity contribution in [3.63, 3.8) is 0 Å². The third-order valence-corrected chi connectivity index (χ3v) is 5.63. The molecular formula is C20H25N5O3. The molecule has 0 unspecified atom stereocenters. The van der Waals surface area contributed by atoms with E-state index in [0.29, 0.717) is 11.6 Å². The quantitative estimate of drug-likeness (QED) is 0.824. The molecule has 2 N–H and O–H groups in total. The van der Waals surface area contributed by atoms with Crippen LogP contribution in [0.3, 0.4) is 0 Å². The van der Waals surface area contributed by atoms with E-state index in [4.69, 9.17) is 4.74 Å². The van der Waals surface area contributed by atoms with Crippen molar-refractivity contribution in [2.75, 3.05) is 17.3 Å². The fourth-order valence-electron chi connectivity index (χ4n) is 3.80. The number of nitrogens with zero attached hydrogens (tertiary/aromatic N) is 3. The van der Waals surface area contributed by atoms with E-state index in [0.717, 1.165) is 44.2 Å². The van der Waals surface area contributed by atoms with Gasteiger partial charge in [0.1, 0.15) is 17.7 Å². The largest absolute Gasteiger partial charge is 0.446 e. The van der Waals surface area contributed by atoms with Gasteiger partial charge in [-0.05, 0) is 37.8 Å². The van der Waals surface area contributed by atoms with Gasteiger partial charge < -0.3 is 10.1 Å². The summed E-state index contributed by atoms with van der Waals surface area (Å²) in [5.74, 6) is 1.62. The molecule has 8 heteroatoms. The molecular weight excluding hydrogens is 358 g/mol. The van der Waals surface area contributed by atoms with Crippen molar-refractivity contribution in [3.8, 4) is 0 Å². The lowest BCUT2D eigenvalue weighted by molar-refractivity contribution is -0.119. The first kappa shape index (κ1) is 18.5. The Labute approximate surface area is 163 Å². The lowest BCUT2D eigenvalue weighted by Crippen LogP contribution is -2.37. The maximum atomic E-state index is 12.2. The Morgan fingerprint density at radius 2 is 2.04 bits per heavy atom. The van der Waals surface area contributed by atoms with Gasteiger partial charge in [0.15, 0.2) is 0 Å². The predicted molar refractivity (Wildman–Crippen MR) is 104 cm³/mol. The Morgan fingerprint density at radius 1 is 1.25 bits per heavy atom. The molecule has 0 atom stereocenters. The number of hydrogen-bond acceptors (Lipinski definition) is 5. The van der Waals surface area contributed by atoms with Crippen LogP contribution in [0.15, 0.2) is 30.5 Å². The van der Waals surface area contributed by atoms with Gasteiger partial charge >= 0.3 is 6.09 Å². The molecule has 0 bridgehead atoms. The maximum Gasteiger partial charge on any atom is 0.415 e. The first-order chi connectivity index (χ1) is 13.6. The van der Waals surface area contributed by atoms with E-state index in [9.17, 15) is 9.59 Å². The first-order valence-corrected chi connectivity index (χ1v) is 9.81. The number of nitrogens with one attached hydrogen (secondary N) is 2. The van der Waals surface area contributed by atoms with Gasteiger partial charge in [0.2, 0.25) is 5.91 Å². The molecule has 2 heterocycles. The third-order valence-electron chi connectivity index (χ3n) is 5.63. The zero-order chi connectivity index (χ0) is 19.5. The molecule has 2 aliphatic carbocycles. The van der Waals surface area contributed by atoms with Crippen LogP contribution in [0.1, 0.15) is 50.1 Å². The Kier molecular flexibility index (Phi) is 5.27. The smallest absolute Gasteiger partial charge is 0.415 e. The summed E-state index contributed by atoms with van der Waals surface area (Å²) >= 11 is 0. The van der Waals surface area contributed by atoms with Crippen LogP contribution < -0.4 is 10.2 Å². The molecule has 2 aromatic rings. The number of carbonyl (C=O) groups is 2. The third kappa shape index (κ3) is 4.00. The summed E-state index contributed by atoms with van der Waals surface area (Å²) in [6, 6.07) is 7.27. The van der Waals surface area contributed by atoms with Crippen LogP contribution in [0.2, 0.25) is 0 Å². The van der Waals surface area contributed by atoms with E-state index < -0.39 is 6.09 Å². The molecule has 2 fully saturated rings. The second-order valence-electron chi connectivity index (χ2n) is 7.60. The minimum absolute atomic E-state index is 0.0747. The molecule has 0 radical (unpaired) electrons. The van der Waals surface area contributed by atoms with Gasteiger partial charge in [0.05, 0.1) is 5.69 Å². The van der Waals surface area contributed by atoms with Gasteiger partial charge in [-0.25, -0.2) is 9.78 Å². The van der Waals surface area contributed by atoms with E-state index in [1.54, 1.807) is 25.4 Å². The minimum Gasteiger partial charge on any atom is -0.446 e. The summed E-state index contributed by atoms with van der Waals surface area (Å²) in [5.41, 5.74) is 0.895. The van der Waals surface area contributed by atoms with E-state index in [-0.39, 0.29) is 23.8 Å². The number of ether oxygens (including phenoxy) is 1. The number of amides is 2. The summed E-state index contributed by atoms with van der Waals surface area (Å²) in [4.78, 5) is 30.0. The number of carbonyl (C=O) groups excluding carboxylic acids is 2. The number of rotatable bonds is 5. The summed E-state index contributed by atoms with van der Waals surface area (Å²) in [6.07, 6.45) is 6.74. The van der Waals surface area contributed by atoms with Crippen molar-refractivity contribution in [2.24, 2.45) is 5.92 Å². The topological polar surface area (TPSA) is 100 Å². The van der Waals surface area contributed by atoms with Crippen molar-refractivity contribution in [2.45, 2.75) is 50.5 Å². The average molecular weight is 383 g/mol. The van der Waals surface area contributed by atoms with Crippen LogP contribution in [-0.2, 0) is 9.53 Å². The van der Waals surface area contributed by atoms with Gasteiger partial charge in [-0.1, -0.05) is 18.9 Å². The summed E-state index contributed by atoms with van der Waals surface area (Å²) < 4.78 is 5.53. The highest BCUT2D eigenvalue weighted by atomic mass is 16.6. The lowest BCUT2D eigenvalue weighted by atomic mass is 9.80. The fraction of sp³-hybridized carbons (Fsp3) is 0.500. The fourth-order valence-corrected chi connectivity index (χ4v) is 3.80. The van der Waals surface area contributed by atoms with E-state index in [1.807, 2.05) is 12.1 Å². The van der Waals surface area contributed by atoms with Crippen LogP contribution in [0.4, 0.5) is 16.4 Å². The minimum atomic E-state index is -0.409. The monoisotopic (exact) mass is 383 g/mol. The molecule has 4 rings (SSSR count). The number of aromatic nitrogens is 3. The normalized spacial score (nSPS) is 21.8. The number of aromatic amines is 1. The van der Waals surface area contributed by atoms with Crippen LogP contribution >= 0.6 is 0 Å². The molecule has 8 nitrogen and oxygen atoms in total. The van der Waals surface area contributed by atoms with Gasteiger partial charge in [0, 0.05) is 31.1 Å². The molecule has 0 aliphatic heterocycles. The standard InChI is InChI=1S/C20H25N5O3/c1-25(18-8-4-5-9-21-18)20(27)28-15-10-14(11-15)16-12-17(24-23-16)22-19(26)13-6-2-3-7-13/h4-5,8-9,12-15H,2-3,6-7,10-11H2,1H3,(H2,22,23,24,26). The van der Waals surface area contributed by atoms with Crippen molar-refractivity contribution in [1.82, 2.24) is 15.2 Å². The summed E-state index contributed by atoms with van der Waals surface area (Å²) in [5, 5.41) is 10.1. The van der Waals surface area contributed by atoms with Crippen LogP contribution in [0.25, 0.3) is 0 Å². The molecule has 2 amide bonds. The number of hydrogen-bond donors (Lipinski definition) is 2. The molecule has 28 heavy (non-hydrogen) atoms. The molecule has 0 spiro atoms. The molecule has 0 saturated heterocycles. The lowest BCUT2D eigenvalue weighted by Gasteiger charge is -2.34. The zero-order valence-electron chi connectivity index (χ0n) is 15.9. The van der Waals surface area contributed by atoms with E-state index >= 15 is 0 Å². The van der Waals surface area contributed by atoms with Gasteiger partial charge in [-0.2, -0.15) is 5.10 Å². The predicted octanol–water partition coefficient (Wildman–Crippen LogP) is 3.45. The van der Waals surface area contributed by atoms with Crippen molar-refractivity contribution < 1.29 is 14.3 Å². The van der Waals surface area contributed by atoms with Crippen molar-refractivity contribution >= 4 is 23.6 Å². The van der Waals surface area contributed by atoms with Crippen molar-refractivity contribution in [1.29, 1.82) is 0 Å². The number of anilines is 2.